The first-order valence-electron chi connectivity index (χ1n) is 5.25. The lowest BCUT2D eigenvalue weighted by Crippen LogP contribution is -2.14. The molecule has 1 unspecified atom stereocenters. The van der Waals surface area contributed by atoms with Gasteiger partial charge in [0.25, 0.3) is 0 Å². The second kappa shape index (κ2) is 4.49. The molecule has 0 saturated carbocycles. The topological polar surface area (TPSA) is 38.8 Å². The zero-order valence-electron chi connectivity index (χ0n) is 9.02. The van der Waals surface area contributed by atoms with Crippen LogP contribution in [0.3, 0.4) is 0 Å². The summed E-state index contributed by atoms with van der Waals surface area (Å²) in [5.41, 5.74) is 0.910. The van der Waals surface area contributed by atoms with Crippen molar-refractivity contribution < 1.29 is 14.3 Å². The normalized spacial score (nSPS) is 22.5. The monoisotopic (exact) mass is 218 g/mol. The van der Waals surface area contributed by atoms with Crippen LogP contribution in [0.25, 0.3) is 0 Å². The van der Waals surface area contributed by atoms with Gasteiger partial charge >= 0.3 is 5.97 Å². The summed E-state index contributed by atoms with van der Waals surface area (Å²) < 4.78 is 10.4. The molecule has 0 radical (unpaired) electrons. The third-order valence-electron chi connectivity index (χ3n) is 2.71. The van der Waals surface area contributed by atoms with Gasteiger partial charge in [0.05, 0.1) is 13.2 Å². The minimum atomic E-state index is -0.385. The summed E-state index contributed by atoms with van der Waals surface area (Å²) in [7, 11) is 0. The zero-order valence-corrected chi connectivity index (χ0v) is 9.02. The van der Waals surface area contributed by atoms with Crippen LogP contribution in [0.2, 0.25) is 0 Å². The first-order valence-corrected chi connectivity index (χ1v) is 5.25. The number of epoxide rings is 1. The molecule has 84 valence electrons. The first-order chi connectivity index (χ1) is 7.77. The number of ether oxygens (including phenoxy) is 2. The Hall–Kier alpha value is -1.61. The number of benzene rings is 1. The molecule has 0 spiro atoms. The van der Waals surface area contributed by atoms with Crippen molar-refractivity contribution in [3.8, 4) is 0 Å². The van der Waals surface area contributed by atoms with Crippen LogP contribution in [0.15, 0.2) is 43.0 Å². The Bertz CT molecular complexity index is 379. The third kappa shape index (κ3) is 2.31. The smallest absolute Gasteiger partial charge is 0.330 e. The zero-order chi connectivity index (χ0) is 11.4. The highest BCUT2D eigenvalue weighted by atomic mass is 16.6. The van der Waals surface area contributed by atoms with E-state index in [2.05, 4.69) is 6.58 Å². The SMILES string of the molecule is C=CC(=O)OCCC1(c2ccccc2)CO1. The van der Waals surface area contributed by atoms with Crippen LogP contribution >= 0.6 is 0 Å². The molecule has 3 heteroatoms. The Balaban J connectivity index is 1.90. The highest BCUT2D eigenvalue weighted by Gasteiger charge is 2.46. The van der Waals surface area contributed by atoms with E-state index in [9.17, 15) is 4.79 Å². The van der Waals surface area contributed by atoms with Gasteiger partial charge in [0.15, 0.2) is 0 Å². The van der Waals surface area contributed by atoms with Crippen molar-refractivity contribution in [3.05, 3.63) is 48.6 Å². The van der Waals surface area contributed by atoms with Crippen molar-refractivity contribution >= 4 is 5.97 Å². The average molecular weight is 218 g/mol. The van der Waals surface area contributed by atoms with Gasteiger partial charge < -0.3 is 9.47 Å². The van der Waals surface area contributed by atoms with E-state index in [1.807, 2.05) is 30.3 Å². The molecule has 1 heterocycles. The lowest BCUT2D eigenvalue weighted by Gasteiger charge is -2.11. The highest BCUT2D eigenvalue weighted by molar-refractivity contribution is 5.81. The molecular formula is C13H14O3. The number of carbonyl (C=O) groups is 1. The molecule has 0 amide bonds. The van der Waals surface area contributed by atoms with E-state index in [-0.39, 0.29) is 11.6 Å². The first kappa shape index (κ1) is 10.9. The van der Waals surface area contributed by atoms with Gasteiger partial charge in [0.2, 0.25) is 0 Å². The Morgan fingerprint density at radius 1 is 1.50 bits per heavy atom. The van der Waals surface area contributed by atoms with Crippen LogP contribution in [0.5, 0.6) is 0 Å². The lowest BCUT2D eigenvalue weighted by molar-refractivity contribution is -0.138. The highest BCUT2D eigenvalue weighted by Crippen LogP contribution is 2.41. The number of carbonyl (C=O) groups excluding carboxylic acids is 1. The van der Waals surface area contributed by atoms with E-state index in [4.69, 9.17) is 9.47 Å². The third-order valence-corrected chi connectivity index (χ3v) is 2.71. The van der Waals surface area contributed by atoms with Gasteiger partial charge in [-0.25, -0.2) is 4.79 Å². The molecular weight excluding hydrogens is 204 g/mol. The predicted octanol–water partition coefficient (Wildman–Crippen LogP) is 2.03. The molecule has 1 fully saturated rings. The molecule has 0 aliphatic carbocycles. The van der Waals surface area contributed by atoms with E-state index in [1.54, 1.807) is 0 Å². The van der Waals surface area contributed by atoms with Crippen LogP contribution < -0.4 is 0 Å². The summed E-state index contributed by atoms with van der Waals surface area (Å²) in [6, 6.07) is 9.99. The van der Waals surface area contributed by atoms with Crippen molar-refractivity contribution in [3.63, 3.8) is 0 Å². The van der Waals surface area contributed by atoms with Gasteiger partial charge in [-0.15, -0.1) is 0 Å². The van der Waals surface area contributed by atoms with Crippen molar-refractivity contribution in [2.24, 2.45) is 0 Å². The maximum absolute atomic E-state index is 10.9. The molecule has 0 bridgehead atoms. The summed E-state index contributed by atoms with van der Waals surface area (Å²) in [6.45, 7) is 4.40. The molecule has 0 N–H and O–H groups in total. The Labute approximate surface area is 94.7 Å². The number of hydrogen-bond acceptors (Lipinski definition) is 3. The van der Waals surface area contributed by atoms with Crippen molar-refractivity contribution in [1.29, 1.82) is 0 Å². The number of hydrogen-bond donors (Lipinski definition) is 0. The van der Waals surface area contributed by atoms with E-state index < -0.39 is 0 Å². The lowest BCUT2D eigenvalue weighted by atomic mass is 9.97. The van der Waals surface area contributed by atoms with Crippen LogP contribution in [-0.4, -0.2) is 19.2 Å². The van der Waals surface area contributed by atoms with E-state index in [1.165, 1.54) is 6.08 Å². The molecule has 1 aliphatic rings. The molecule has 1 atom stereocenters. The fourth-order valence-electron chi connectivity index (χ4n) is 1.66. The van der Waals surface area contributed by atoms with Gasteiger partial charge in [-0.2, -0.15) is 0 Å². The molecule has 1 aromatic carbocycles. The maximum atomic E-state index is 10.9. The predicted molar refractivity (Wildman–Crippen MR) is 59.8 cm³/mol. The minimum Gasteiger partial charge on any atom is -0.462 e. The van der Waals surface area contributed by atoms with Crippen molar-refractivity contribution in [2.45, 2.75) is 12.0 Å². The van der Waals surface area contributed by atoms with Gasteiger partial charge in [-0.1, -0.05) is 36.9 Å². The molecule has 2 rings (SSSR count). The largest absolute Gasteiger partial charge is 0.462 e. The fourth-order valence-corrected chi connectivity index (χ4v) is 1.66. The van der Waals surface area contributed by atoms with Gasteiger partial charge in [-0.3, -0.25) is 0 Å². The van der Waals surface area contributed by atoms with Crippen LogP contribution in [0.4, 0.5) is 0 Å². The summed E-state index contributed by atoms with van der Waals surface area (Å²) in [5.74, 6) is -0.385. The maximum Gasteiger partial charge on any atom is 0.330 e. The van der Waals surface area contributed by atoms with E-state index in [0.29, 0.717) is 19.6 Å². The van der Waals surface area contributed by atoms with Crippen molar-refractivity contribution in [1.82, 2.24) is 0 Å². The van der Waals surface area contributed by atoms with E-state index >= 15 is 0 Å². The second-order valence-corrected chi connectivity index (χ2v) is 3.77. The van der Waals surface area contributed by atoms with E-state index in [0.717, 1.165) is 5.56 Å². The number of rotatable bonds is 5. The summed E-state index contributed by atoms with van der Waals surface area (Å²) >= 11 is 0. The standard InChI is InChI=1S/C13H14O3/c1-2-12(14)15-9-8-13(10-16-13)11-6-4-3-5-7-11/h2-7H,1,8-10H2. The van der Waals surface area contributed by atoms with Crippen LogP contribution in [0, 0.1) is 0 Å². The van der Waals surface area contributed by atoms with Crippen molar-refractivity contribution in [2.75, 3.05) is 13.2 Å². The van der Waals surface area contributed by atoms with Crippen LogP contribution in [-0.2, 0) is 19.9 Å². The quantitative estimate of drug-likeness (QED) is 0.431. The summed E-state index contributed by atoms with van der Waals surface area (Å²) in [5, 5.41) is 0. The van der Waals surface area contributed by atoms with Gasteiger partial charge in [0.1, 0.15) is 5.60 Å². The summed E-state index contributed by atoms with van der Waals surface area (Å²) in [4.78, 5) is 10.9. The Morgan fingerprint density at radius 2 is 2.19 bits per heavy atom. The number of esters is 1. The van der Waals surface area contributed by atoms with Crippen LogP contribution in [0.1, 0.15) is 12.0 Å². The molecule has 1 saturated heterocycles. The fraction of sp³-hybridized carbons (Fsp3) is 0.308. The molecule has 16 heavy (non-hydrogen) atoms. The molecule has 0 aromatic heterocycles. The Morgan fingerprint density at radius 3 is 2.75 bits per heavy atom. The Kier molecular flexibility index (Phi) is 3.06. The minimum absolute atomic E-state index is 0.233. The average Bonchev–Trinajstić information content (AvgIpc) is 3.11. The van der Waals surface area contributed by atoms with Gasteiger partial charge in [0, 0.05) is 12.5 Å². The van der Waals surface area contributed by atoms with Gasteiger partial charge in [-0.05, 0) is 5.56 Å². The molecule has 1 aromatic rings. The summed E-state index contributed by atoms with van der Waals surface area (Å²) in [6.07, 6.45) is 1.86. The molecule has 1 aliphatic heterocycles. The second-order valence-electron chi connectivity index (χ2n) is 3.77. The molecule has 3 nitrogen and oxygen atoms in total.